The standard InChI is InChI=1S/C11H11FN2/c12-10-6-8(3-4-9(10)7-13)11-2-1-5-14-11/h3-4,6,11,14H,1-2,5H2. The quantitative estimate of drug-likeness (QED) is 0.736. The van der Waals surface area contributed by atoms with Gasteiger partial charge in [-0.1, -0.05) is 6.07 Å². The number of nitrogens with zero attached hydrogens (tertiary/aromatic N) is 1. The van der Waals surface area contributed by atoms with E-state index in [0.717, 1.165) is 24.9 Å². The fourth-order valence-corrected chi connectivity index (χ4v) is 1.81. The van der Waals surface area contributed by atoms with E-state index in [1.165, 1.54) is 6.07 Å². The lowest BCUT2D eigenvalue weighted by molar-refractivity contribution is 0.604. The highest BCUT2D eigenvalue weighted by atomic mass is 19.1. The molecule has 2 rings (SSSR count). The van der Waals surface area contributed by atoms with E-state index in [0.29, 0.717) is 0 Å². The molecule has 1 aromatic carbocycles. The van der Waals surface area contributed by atoms with Crippen molar-refractivity contribution in [2.45, 2.75) is 18.9 Å². The molecule has 72 valence electrons. The van der Waals surface area contributed by atoms with E-state index < -0.39 is 5.82 Å². The molecule has 1 fully saturated rings. The van der Waals surface area contributed by atoms with Crippen molar-refractivity contribution >= 4 is 0 Å². The van der Waals surface area contributed by atoms with Gasteiger partial charge in [0.2, 0.25) is 0 Å². The van der Waals surface area contributed by atoms with Gasteiger partial charge in [-0.3, -0.25) is 0 Å². The van der Waals surface area contributed by atoms with E-state index >= 15 is 0 Å². The Labute approximate surface area is 82.4 Å². The summed E-state index contributed by atoms with van der Waals surface area (Å²) < 4.78 is 13.3. The molecule has 0 amide bonds. The van der Waals surface area contributed by atoms with Crippen LogP contribution in [0, 0.1) is 17.1 Å². The Hall–Kier alpha value is -1.40. The van der Waals surface area contributed by atoms with Crippen LogP contribution in [-0.2, 0) is 0 Å². The molecule has 1 N–H and O–H groups in total. The van der Waals surface area contributed by atoms with Crippen molar-refractivity contribution in [1.29, 1.82) is 5.26 Å². The van der Waals surface area contributed by atoms with Crippen molar-refractivity contribution < 1.29 is 4.39 Å². The first kappa shape index (κ1) is 9.17. The summed E-state index contributed by atoms with van der Waals surface area (Å²) in [5.74, 6) is -0.418. The van der Waals surface area contributed by atoms with Gasteiger partial charge in [-0.15, -0.1) is 0 Å². The van der Waals surface area contributed by atoms with Crippen LogP contribution in [0.3, 0.4) is 0 Å². The maximum atomic E-state index is 13.3. The van der Waals surface area contributed by atoms with Crippen molar-refractivity contribution in [1.82, 2.24) is 5.32 Å². The number of benzene rings is 1. The summed E-state index contributed by atoms with van der Waals surface area (Å²) in [6.45, 7) is 0.992. The van der Waals surface area contributed by atoms with Crippen LogP contribution in [0.15, 0.2) is 18.2 Å². The first-order valence-corrected chi connectivity index (χ1v) is 4.74. The second-order valence-corrected chi connectivity index (χ2v) is 3.50. The number of halogens is 1. The lowest BCUT2D eigenvalue weighted by atomic mass is 10.0. The number of nitrogens with one attached hydrogen (secondary N) is 1. The summed E-state index contributed by atoms with van der Waals surface area (Å²) in [5.41, 5.74) is 1.06. The summed E-state index contributed by atoms with van der Waals surface area (Å²) in [6.07, 6.45) is 2.18. The van der Waals surface area contributed by atoms with Crippen molar-refractivity contribution in [2.24, 2.45) is 0 Å². The van der Waals surface area contributed by atoms with Gasteiger partial charge in [0.15, 0.2) is 0 Å². The number of nitriles is 1. The van der Waals surface area contributed by atoms with E-state index in [2.05, 4.69) is 5.32 Å². The topological polar surface area (TPSA) is 35.8 Å². The molecule has 3 heteroatoms. The molecule has 1 aliphatic rings. The Bertz CT molecular complexity index is 375. The Balaban J connectivity index is 2.28. The second kappa shape index (κ2) is 3.77. The third-order valence-electron chi connectivity index (χ3n) is 2.58. The van der Waals surface area contributed by atoms with Gasteiger partial charge in [-0.2, -0.15) is 5.26 Å². The van der Waals surface area contributed by atoms with Crippen LogP contribution >= 0.6 is 0 Å². The molecule has 1 unspecified atom stereocenters. The Morgan fingerprint density at radius 1 is 1.50 bits per heavy atom. The van der Waals surface area contributed by atoms with Crippen LogP contribution in [0.2, 0.25) is 0 Å². The Kier molecular flexibility index (Phi) is 2.47. The van der Waals surface area contributed by atoms with E-state index in [9.17, 15) is 4.39 Å². The first-order valence-electron chi connectivity index (χ1n) is 4.74. The van der Waals surface area contributed by atoms with Gasteiger partial charge >= 0.3 is 0 Å². The van der Waals surface area contributed by atoms with Gasteiger partial charge in [0.1, 0.15) is 11.9 Å². The number of rotatable bonds is 1. The zero-order chi connectivity index (χ0) is 9.97. The number of hydrogen-bond acceptors (Lipinski definition) is 2. The second-order valence-electron chi connectivity index (χ2n) is 3.50. The van der Waals surface area contributed by atoms with Crippen LogP contribution in [0.1, 0.15) is 30.0 Å². The third kappa shape index (κ3) is 1.61. The SMILES string of the molecule is N#Cc1ccc(C2CCCN2)cc1F. The lowest BCUT2D eigenvalue weighted by Gasteiger charge is -2.10. The lowest BCUT2D eigenvalue weighted by Crippen LogP contribution is -2.13. The highest BCUT2D eigenvalue weighted by molar-refractivity contribution is 5.34. The Morgan fingerprint density at radius 3 is 2.93 bits per heavy atom. The van der Waals surface area contributed by atoms with Crippen LogP contribution in [0.4, 0.5) is 4.39 Å². The van der Waals surface area contributed by atoms with E-state index in [1.807, 2.05) is 12.1 Å². The van der Waals surface area contributed by atoms with Gasteiger partial charge < -0.3 is 5.32 Å². The van der Waals surface area contributed by atoms with E-state index in [1.54, 1.807) is 6.07 Å². The molecule has 0 aromatic heterocycles. The van der Waals surface area contributed by atoms with Gasteiger partial charge in [0.25, 0.3) is 0 Å². The van der Waals surface area contributed by atoms with Crippen LogP contribution in [0.5, 0.6) is 0 Å². The molecule has 0 radical (unpaired) electrons. The fraction of sp³-hybridized carbons (Fsp3) is 0.364. The minimum atomic E-state index is -0.418. The molecule has 2 nitrogen and oxygen atoms in total. The highest BCUT2D eigenvalue weighted by Crippen LogP contribution is 2.24. The average molecular weight is 190 g/mol. The molecule has 1 heterocycles. The van der Waals surface area contributed by atoms with Crippen molar-refractivity contribution in [3.05, 3.63) is 35.1 Å². The minimum absolute atomic E-state index is 0.117. The molecule has 0 spiro atoms. The minimum Gasteiger partial charge on any atom is -0.310 e. The smallest absolute Gasteiger partial charge is 0.141 e. The van der Waals surface area contributed by atoms with Crippen molar-refractivity contribution in [3.8, 4) is 6.07 Å². The van der Waals surface area contributed by atoms with Crippen molar-refractivity contribution in [3.63, 3.8) is 0 Å². The predicted molar refractivity (Wildman–Crippen MR) is 51.1 cm³/mol. The van der Waals surface area contributed by atoms with Gasteiger partial charge in [-0.25, -0.2) is 4.39 Å². The third-order valence-corrected chi connectivity index (χ3v) is 2.58. The van der Waals surface area contributed by atoms with Gasteiger partial charge in [0, 0.05) is 6.04 Å². The molecule has 1 aromatic rings. The summed E-state index contributed by atoms with van der Waals surface area (Å²) >= 11 is 0. The van der Waals surface area contributed by atoms with Gasteiger partial charge in [0.05, 0.1) is 5.56 Å². The summed E-state index contributed by atoms with van der Waals surface area (Å²) in [4.78, 5) is 0. The molecule has 0 aliphatic carbocycles. The van der Waals surface area contributed by atoms with E-state index in [-0.39, 0.29) is 11.6 Å². The van der Waals surface area contributed by atoms with Crippen LogP contribution in [0.25, 0.3) is 0 Å². The summed E-state index contributed by atoms with van der Waals surface area (Å²) in [5, 5.41) is 11.9. The van der Waals surface area contributed by atoms with Gasteiger partial charge in [-0.05, 0) is 37.1 Å². The first-order chi connectivity index (χ1) is 6.81. The number of hydrogen-bond donors (Lipinski definition) is 1. The maximum Gasteiger partial charge on any atom is 0.141 e. The normalized spacial score (nSPS) is 20.7. The maximum absolute atomic E-state index is 13.3. The summed E-state index contributed by atoms with van der Waals surface area (Å²) in [6, 6.07) is 6.91. The molecule has 1 atom stereocenters. The van der Waals surface area contributed by atoms with E-state index in [4.69, 9.17) is 5.26 Å². The Morgan fingerprint density at radius 2 is 2.36 bits per heavy atom. The zero-order valence-electron chi connectivity index (χ0n) is 7.76. The molecule has 14 heavy (non-hydrogen) atoms. The average Bonchev–Trinajstić information content (AvgIpc) is 2.70. The van der Waals surface area contributed by atoms with Crippen LogP contribution < -0.4 is 5.32 Å². The largest absolute Gasteiger partial charge is 0.310 e. The zero-order valence-corrected chi connectivity index (χ0v) is 7.76. The molecule has 0 saturated carbocycles. The highest BCUT2D eigenvalue weighted by Gasteiger charge is 2.17. The molecular weight excluding hydrogens is 179 g/mol. The monoisotopic (exact) mass is 190 g/mol. The predicted octanol–water partition coefficient (Wildman–Crippen LogP) is 2.12. The summed E-state index contributed by atoms with van der Waals surface area (Å²) in [7, 11) is 0. The molecule has 1 aliphatic heterocycles. The fourth-order valence-electron chi connectivity index (χ4n) is 1.81. The molecule has 1 saturated heterocycles. The van der Waals surface area contributed by atoms with Crippen molar-refractivity contribution in [2.75, 3.05) is 6.54 Å². The molecular formula is C11H11FN2. The molecule has 0 bridgehead atoms. The van der Waals surface area contributed by atoms with Crippen LogP contribution in [-0.4, -0.2) is 6.54 Å².